The molecule has 12 heteroatoms. The Morgan fingerprint density at radius 1 is 1.16 bits per heavy atom. The number of rotatable bonds is 4. The summed E-state index contributed by atoms with van der Waals surface area (Å²) in [5, 5.41) is 24.9. The van der Waals surface area contributed by atoms with Gasteiger partial charge in [0.1, 0.15) is 22.4 Å². The molecule has 31 heavy (non-hydrogen) atoms. The third kappa shape index (κ3) is 5.73. The second-order valence-corrected chi connectivity index (χ2v) is 8.53. The van der Waals surface area contributed by atoms with E-state index in [1.807, 2.05) is 0 Å². The molecule has 0 radical (unpaired) electrons. The average molecular weight is 442 g/mol. The summed E-state index contributed by atoms with van der Waals surface area (Å²) in [7, 11) is 0. The van der Waals surface area contributed by atoms with Crippen molar-refractivity contribution >= 4 is 34.6 Å². The maximum absolute atomic E-state index is 15.4. The van der Waals surface area contributed by atoms with E-state index in [0.29, 0.717) is 4.68 Å². The van der Waals surface area contributed by atoms with Gasteiger partial charge in [0.25, 0.3) is 0 Å². The minimum atomic E-state index is -1.11. The number of aromatic nitrogens is 2. The van der Waals surface area contributed by atoms with Crippen LogP contribution in [0.3, 0.4) is 0 Å². The van der Waals surface area contributed by atoms with Gasteiger partial charge < -0.3 is 14.2 Å². The molecule has 1 aromatic carbocycles. The lowest BCUT2D eigenvalue weighted by Gasteiger charge is -2.19. The van der Waals surface area contributed by atoms with Gasteiger partial charge in [-0.25, -0.2) is 14.0 Å². The van der Waals surface area contributed by atoms with Crippen molar-refractivity contribution in [2.45, 2.75) is 59.7 Å². The standard InChI is InChI=1S/C19H27FN4O7/c1-8-29-14-11(24(27)28)9-10-13(12(14)20)23(17(26)31-19(5,6)7)22-15(10)21-16(25)30-18(2,3)4/h9,27-28H,8H2,1-7H3,(H,21,22,25). The van der Waals surface area contributed by atoms with Crippen LogP contribution >= 0.6 is 0 Å². The zero-order valence-electron chi connectivity index (χ0n) is 18.4. The predicted molar refractivity (Wildman–Crippen MR) is 108 cm³/mol. The second-order valence-electron chi connectivity index (χ2n) is 8.53. The number of halogens is 1. The Hall–Kier alpha value is -3.12. The number of hydrogen-bond acceptors (Lipinski definition) is 9. The number of nitrogens with one attached hydrogen (secondary N) is 1. The fourth-order valence-corrected chi connectivity index (χ4v) is 2.56. The number of carbonyl (C=O) groups is 2. The molecule has 0 aliphatic heterocycles. The third-order valence-electron chi connectivity index (χ3n) is 3.53. The van der Waals surface area contributed by atoms with Crippen LogP contribution in [0, 0.1) is 5.82 Å². The molecule has 1 aromatic heterocycles. The summed E-state index contributed by atoms with van der Waals surface area (Å²) in [6, 6.07) is 1.09. The molecule has 0 atom stereocenters. The molecule has 2 aromatic rings. The summed E-state index contributed by atoms with van der Waals surface area (Å²) in [5.74, 6) is -1.91. The van der Waals surface area contributed by atoms with Gasteiger partial charge in [-0.15, -0.1) is 10.3 Å². The number of nitrogens with zero attached hydrogens (tertiary/aromatic N) is 3. The van der Waals surface area contributed by atoms with Gasteiger partial charge in [-0.2, -0.15) is 4.68 Å². The molecule has 11 nitrogen and oxygen atoms in total. The SMILES string of the molecule is CCOc1c(N(O)O)cc2c(NC(=O)OC(C)(C)C)nn(C(=O)OC(C)(C)C)c2c1F. The monoisotopic (exact) mass is 442 g/mol. The van der Waals surface area contributed by atoms with Gasteiger partial charge in [0.05, 0.1) is 12.0 Å². The number of fused-ring (bicyclic) bond motifs is 1. The van der Waals surface area contributed by atoms with Crippen LogP contribution < -0.4 is 15.3 Å². The van der Waals surface area contributed by atoms with Crippen molar-refractivity contribution in [2.24, 2.45) is 0 Å². The van der Waals surface area contributed by atoms with E-state index in [4.69, 9.17) is 14.2 Å². The molecule has 0 bridgehead atoms. The summed E-state index contributed by atoms with van der Waals surface area (Å²) in [6.45, 7) is 11.3. The van der Waals surface area contributed by atoms with E-state index >= 15 is 4.39 Å². The summed E-state index contributed by atoms with van der Waals surface area (Å²) in [4.78, 5) is 24.9. The van der Waals surface area contributed by atoms with Crippen LogP contribution in [-0.4, -0.2) is 50.2 Å². The highest BCUT2D eigenvalue weighted by Crippen LogP contribution is 2.39. The Bertz CT molecular complexity index is 990. The normalized spacial score (nSPS) is 11.9. The van der Waals surface area contributed by atoms with E-state index in [-0.39, 0.29) is 23.0 Å². The molecule has 0 aliphatic rings. The lowest BCUT2D eigenvalue weighted by molar-refractivity contribution is 0.0274. The summed E-state index contributed by atoms with van der Waals surface area (Å²) < 4.78 is 31.6. The fraction of sp³-hybridized carbons (Fsp3) is 0.526. The molecule has 0 saturated heterocycles. The van der Waals surface area contributed by atoms with Crippen LogP contribution in [-0.2, 0) is 9.47 Å². The smallest absolute Gasteiger partial charge is 0.435 e. The molecule has 0 aliphatic carbocycles. The van der Waals surface area contributed by atoms with Gasteiger partial charge in [-0.3, -0.25) is 15.7 Å². The van der Waals surface area contributed by atoms with Crippen LogP contribution in [0.1, 0.15) is 48.5 Å². The molecule has 0 unspecified atom stereocenters. The minimum Gasteiger partial charge on any atom is -0.488 e. The highest BCUT2D eigenvalue weighted by atomic mass is 19.1. The number of amides is 1. The number of hydrogen-bond donors (Lipinski definition) is 3. The Kier molecular flexibility index (Phi) is 6.66. The van der Waals surface area contributed by atoms with Crippen molar-refractivity contribution in [1.82, 2.24) is 9.78 Å². The molecular weight excluding hydrogens is 415 g/mol. The molecule has 3 N–H and O–H groups in total. The van der Waals surface area contributed by atoms with Gasteiger partial charge in [0, 0.05) is 0 Å². The van der Waals surface area contributed by atoms with Crippen LogP contribution in [0.5, 0.6) is 5.75 Å². The van der Waals surface area contributed by atoms with Crippen molar-refractivity contribution in [2.75, 3.05) is 17.2 Å². The lowest BCUT2D eigenvalue weighted by atomic mass is 10.2. The molecule has 1 amide bonds. The first kappa shape index (κ1) is 24.2. The third-order valence-corrected chi connectivity index (χ3v) is 3.53. The van der Waals surface area contributed by atoms with Crippen molar-refractivity contribution < 1.29 is 38.6 Å². The zero-order valence-corrected chi connectivity index (χ0v) is 18.4. The predicted octanol–water partition coefficient (Wildman–Crippen LogP) is 4.29. The van der Waals surface area contributed by atoms with Gasteiger partial charge in [-0.05, 0) is 54.5 Å². The van der Waals surface area contributed by atoms with Crippen molar-refractivity contribution in [3.05, 3.63) is 11.9 Å². The molecule has 172 valence electrons. The highest BCUT2D eigenvalue weighted by Gasteiger charge is 2.30. The Balaban J connectivity index is 2.73. The van der Waals surface area contributed by atoms with Crippen LogP contribution in [0.4, 0.5) is 25.5 Å². The Morgan fingerprint density at radius 2 is 1.74 bits per heavy atom. The van der Waals surface area contributed by atoms with Gasteiger partial charge in [0.2, 0.25) is 0 Å². The number of carbonyl (C=O) groups excluding carboxylic acids is 2. The largest absolute Gasteiger partial charge is 0.488 e. The molecular formula is C19H27FN4O7. The quantitative estimate of drug-likeness (QED) is 0.592. The summed E-state index contributed by atoms with van der Waals surface area (Å²) >= 11 is 0. The number of anilines is 2. The van der Waals surface area contributed by atoms with Gasteiger partial charge in [-0.1, -0.05) is 0 Å². The van der Waals surface area contributed by atoms with Crippen LogP contribution in [0.25, 0.3) is 10.9 Å². The Morgan fingerprint density at radius 3 is 2.23 bits per heavy atom. The van der Waals surface area contributed by atoms with Crippen molar-refractivity contribution in [3.63, 3.8) is 0 Å². The van der Waals surface area contributed by atoms with Gasteiger partial charge in [0.15, 0.2) is 17.4 Å². The van der Waals surface area contributed by atoms with E-state index in [9.17, 15) is 20.0 Å². The highest BCUT2D eigenvalue weighted by molar-refractivity contribution is 6.03. The second kappa shape index (κ2) is 8.55. The van der Waals surface area contributed by atoms with Crippen molar-refractivity contribution in [3.8, 4) is 5.75 Å². The van der Waals surface area contributed by atoms with E-state index < -0.39 is 46.2 Å². The average Bonchev–Trinajstić information content (AvgIpc) is 2.92. The van der Waals surface area contributed by atoms with Crippen molar-refractivity contribution in [1.29, 1.82) is 0 Å². The first-order chi connectivity index (χ1) is 14.1. The van der Waals surface area contributed by atoms with E-state index in [1.54, 1.807) is 48.5 Å². The minimum absolute atomic E-state index is 0.00709. The summed E-state index contributed by atoms with van der Waals surface area (Å²) in [6.07, 6.45) is -1.93. The lowest BCUT2D eigenvalue weighted by Crippen LogP contribution is -2.29. The van der Waals surface area contributed by atoms with E-state index in [2.05, 4.69) is 10.4 Å². The Labute approximate surface area is 178 Å². The summed E-state index contributed by atoms with van der Waals surface area (Å²) in [5.41, 5.74) is -2.61. The fourth-order valence-electron chi connectivity index (χ4n) is 2.56. The maximum Gasteiger partial charge on any atom is 0.435 e. The molecule has 0 saturated carbocycles. The first-order valence-corrected chi connectivity index (χ1v) is 9.44. The van der Waals surface area contributed by atoms with Gasteiger partial charge >= 0.3 is 12.2 Å². The molecule has 0 spiro atoms. The zero-order chi connectivity index (χ0) is 23.7. The molecule has 1 heterocycles. The number of ether oxygens (including phenoxy) is 3. The van der Waals surface area contributed by atoms with Crippen LogP contribution in [0.15, 0.2) is 6.07 Å². The number of benzene rings is 1. The topological polar surface area (TPSA) is 135 Å². The molecule has 2 rings (SSSR count). The first-order valence-electron chi connectivity index (χ1n) is 9.44. The van der Waals surface area contributed by atoms with E-state index in [0.717, 1.165) is 6.07 Å². The maximum atomic E-state index is 15.4. The van der Waals surface area contributed by atoms with E-state index in [1.165, 1.54) is 0 Å². The van der Waals surface area contributed by atoms with Crippen LogP contribution in [0.2, 0.25) is 0 Å². The molecule has 0 fully saturated rings.